The van der Waals surface area contributed by atoms with Gasteiger partial charge in [-0.05, 0) is 35.4 Å². The van der Waals surface area contributed by atoms with E-state index in [1.165, 1.54) is 5.56 Å². The molecule has 0 saturated heterocycles. The molecule has 0 aliphatic carbocycles. The maximum atomic E-state index is 5.81. The van der Waals surface area contributed by atoms with Crippen LogP contribution in [0.1, 0.15) is 11.1 Å². The molecule has 0 aromatic heterocycles. The molecule has 2 aromatic carbocycles. The summed E-state index contributed by atoms with van der Waals surface area (Å²) in [7, 11) is 1.70. The third-order valence-electron chi connectivity index (χ3n) is 3.58. The fraction of sp³-hybridized carbons (Fsp3) is 0.333. The Hall–Kier alpha value is -2.24. The van der Waals surface area contributed by atoms with Crippen LogP contribution in [0.3, 0.4) is 0 Å². The predicted molar refractivity (Wildman–Crippen MR) is 86.9 cm³/mol. The minimum absolute atomic E-state index is 0.291. The molecular weight excluding hydrogens is 294 g/mol. The Morgan fingerprint density at radius 2 is 1.78 bits per heavy atom. The number of benzene rings is 2. The van der Waals surface area contributed by atoms with Crippen molar-refractivity contribution in [1.29, 1.82) is 0 Å². The second kappa shape index (κ2) is 7.85. The number of hydrogen-bond acceptors (Lipinski definition) is 5. The molecule has 2 aromatic rings. The summed E-state index contributed by atoms with van der Waals surface area (Å²) < 4.78 is 21.5. The third kappa shape index (κ3) is 4.37. The molecule has 5 heteroatoms. The largest absolute Gasteiger partial charge is 0.489 e. The van der Waals surface area contributed by atoms with Gasteiger partial charge in [0.15, 0.2) is 11.5 Å². The molecule has 0 saturated carbocycles. The van der Waals surface area contributed by atoms with E-state index in [-0.39, 0.29) is 0 Å². The van der Waals surface area contributed by atoms with Crippen LogP contribution < -0.4 is 19.5 Å². The first kappa shape index (κ1) is 15.6. The number of nitrogens with one attached hydrogen (secondary N) is 1. The predicted octanol–water partition coefficient (Wildman–Crippen LogP) is 2.73. The summed E-state index contributed by atoms with van der Waals surface area (Å²) >= 11 is 0. The Morgan fingerprint density at radius 1 is 1.00 bits per heavy atom. The van der Waals surface area contributed by atoms with Gasteiger partial charge in [-0.3, -0.25) is 0 Å². The second-order valence-electron chi connectivity index (χ2n) is 5.29. The van der Waals surface area contributed by atoms with Crippen molar-refractivity contribution in [2.45, 2.75) is 13.2 Å². The third-order valence-corrected chi connectivity index (χ3v) is 3.58. The van der Waals surface area contributed by atoms with Crippen LogP contribution in [0.25, 0.3) is 0 Å². The van der Waals surface area contributed by atoms with Crippen molar-refractivity contribution in [1.82, 2.24) is 5.32 Å². The van der Waals surface area contributed by atoms with Crippen LogP contribution in [0.2, 0.25) is 0 Å². The van der Waals surface area contributed by atoms with Crippen LogP contribution in [0.4, 0.5) is 0 Å². The van der Waals surface area contributed by atoms with Crippen molar-refractivity contribution >= 4 is 0 Å². The van der Waals surface area contributed by atoms with Gasteiger partial charge in [-0.2, -0.15) is 0 Å². The lowest BCUT2D eigenvalue weighted by molar-refractivity contribution is 0.174. The van der Waals surface area contributed by atoms with Gasteiger partial charge in [0.25, 0.3) is 0 Å². The average molecular weight is 315 g/mol. The van der Waals surface area contributed by atoms with Crippen LogP contribution in [0.5, 0.6) is 17.2 Å². The van der Waals surface area contributed by atoms with E-state index < -0.39 is 0 Å². The number of hydrogen-bond donors (Lipinski definition) is 1. The molecule has 0 atom stereocenters. The van der Waals surface area contributed by atoms with Gasteiger partial charge in [0, 0.05) is 20.2 Å². The lowest BCUT2D eigenvalue weighted by Gasteiger charge is -2.08. The molecule has 122 valence electrons. The Kier molecular flexibility index (Phi) is 5.34. The summed E-state index contributed by atoms with van der Waals surface area (Å²) in [5.74, 6) is 2.42. The van der Waals surface area contributed by atoms with Crippen molar-refractivity contribution in [3.63, 3.8) is 0 Å². The van der Waals surface area contributed by atoms with Gasteiger partial charge < -0.3 is 24.3 Å². The highest BCUT2D eigenvalue weighted by molar-refractivity contribution is 5.44. The summed E-state index contributed by atoms with van der Waals surface area (Å²) in [5.41, 5.74) is 2.27. The molecular formula is C18H21NO4. The molecule has 1 aliphatic heterocycles. The Balaban J connectivity index is 1.48. The van der Waals surface area contributed by atoms with Gasteiger partial charge >= 0.3 is 0 Å². The second-order valence-corrected chi connectivity index (χ2v) is 5.29. The molecule has 0 spiro atoms. The van der Waals surface area contributed by atoms with Crippen molar-refractivity contribution < 1.29 is 18.9 Å². The zero-order valence-corrected chi connectivity index (χ0v) is 13.2. The van der Waals surface area contributed by atoms with Crippen LogP contribution in [-0.4, -0.2) is 27.1 Å². The molecule has 0 amide bonds. The van der Waals surface area contributed by atoms with E-state index in [4.69, 9.17) is 18.9 Å². The highest BCUT2D eigenvalue weighted by atomic mass is 16.7. The van der Waals surface area contributed by atoms with E-state index in [0.29, 0.717) is 13.4 Å². The van der Waals surface area contributed by atoms with Crippen molar-refractivity contribution in [3.05, 3.63) is 53.6 Å². The van der Waals surface area contributed by atoms with Crippen molar-refractivity contribution in [2.24, 2.45) is 0 Å². The average Bonchev–Trinajstić information content (AvgIpc) is 3.06. The molecule has 1 heterocycles. The highest BCUT2D eigenvalue weighted by Gasteiger charge is 2.13. The van der Waals surface area contributed by atoms with E-state index in [1.807, 2.05) is 30.3 Å². The monoisotopic (exact) mass is 315 g/mol. The molecule has 0 radical (unpaired) electrons. The van der Waals surface area contributed by atoms with Crippen molar-refractivity contribution in [3.8, 4) is 17.2 Å². The molecule has 0 bridgehead atoms. The van der Waals surface area contributed by atoms with Gasteiger partial charge in [-0.1, -0.05) is 18.2 Å². The summed E-state index contributed by atoms with van der Waals surface area (Å²) in [4.78, 5) is 0. The van der Waals surface area contributed by atoms with Crippen LogP contribution in [0, 0.1) is 0 Å². The van der Waals surface area contributed by atoms with Gasteiger partial charge in [0.2, 0.25) is 6.79 Å². The highest BCUT2D eigenvalue weighted by Crippen LogP contribution is 2.32. The van der Waals surface area contributed by atoms with Gasteiger partial charge in [0.1, 0.15) is 12.4 Å². The topological polar surface area (TPSA) is 49.0 Å². The van der Waals surface area contributed by atoms with Gasteiger partial charge in [0.05, 0.1) is 6.61 Å². The summed E-state index contributed by atoms with van der Waals surface area (Å²) in [6.45, 7) is 3.18. The molecule has 0 unspecified atom stereocenters. The standard InChI is InChI=1S/C18H21NO4/c1-20-9-8-19-11-14-2-5-16(6-3-14)21-12-15-4-7-17-18(10-15)23-13-22-17/h2-7,10,19H,8-9,11-13H2,1H3. The van der Waals surface area contributed by atoms with E-state index >= 15 is 0 Å². The smallest absolute Gasteiger partial charge is 0.231 e. The number of rotatable bonds is 8. The lowest BCUT2D eigenvalue weighted by atomic mass is 10.2. The van der Waals surface area contributed by atoms with E-state index in [0.717, 1.165) is 42.5 Å². The summed E-state index contributed by atoms with van der Waals surface area (Å²) in [6, 6.07) is 14.0. The van der Waals surface area contributed by atoms with E-state index in [9.17, 15) is 0 Å². The summed E-state index contributed by atoms with van der Waals surface area (Å²) in [5, 5.41) is 3.31. The maximum absolute atomic E-state index is 5.81. The fourth-order valence-electron chi connectivity index (χ4n) is 2.31. The van der Waals surface area contributed by atoms with Crippen molar-refractivity contribution in [2.75, 3.05) is 27.1 Å². The Labute approximate surface area is 136 Å². The normalized spacial score (nSPS) is 12.4. The van der Waals surface area contributed by atoms with Crippen LogP contribution in [-0.2, 0) is 17.9 Å². The van der Waals surface area contributed by atoms with Crippen LogP contribution >= 0.6 is 0 Å². The quantitative estimate of drug-likeness (QED) is 0.759. The fourth-order valence-corrected chi connectivity index (χ4v) is 2.31. The molecule has 3 rings (SSSR count). The molecule has 23 heavy (non-hydrogen) atoms. The Bertz CT molecular complexity index is 627. The van der Waals surface area contributed by atoms with E-state index in [2.05, 4.69) is 17.4 Å². The van der Waals surface area contributed by atoms with Gasteiger partial charge in [-0.25, -0.2) is 0 Å². The molecule has 5 nitrogen and oxygen atoms in total. The first-order valence-corrected chi connectivity index (χ1v) is 7.65. The van der Waals surface area contributed by atoms with Gasteiger partial charge in [-0.15, -0.1) is 0 Å². The number of ether oxygens (including phenoxy) is 4. The first-order chi connectivity index (χ1) is 11.3. The maximum Gasteiger partial charge on any atom is 0.231 e. The first-order valence-electron chi connectivity index (χ1n) is 7.65. The minimum atomic E-state index is 0.291. The van der Waals surface area contributed by atoms with Crippen LogP contribution in [0.15, 0.2) is 42.5 Å². The molecule has 1 aliphatic rings. The molecule has 1 N–H and O–H groups in total. The minimum Gasteiger partial charge on any atom is -0.489 e. The lowest BCUT2D eigenvalue weighted by Crippen LogP contribution is -2.18. The zero-order valence-electron chi connectivity index (χ0n) is 13.2. The Morgan fingerprint density at radius 3 is 2.61 bits per heavy atom. The van der Waals surface area contributed by atoms with E-state index in [1.54, 1.807) is 7.11 Å². The summed E-state index contributed by atoms with van der Waals surface area (Å²) in [6.07, 6.45) is 0. The zero-order chi connectivity index (χ0) is 15.9. The SMILES string of the molecule is COCCNCc1ccc(OCc2ccc3c(c2)OCO3)cc1. The molecule has 0 fully saturated rings. The number of fused-ring (bicyclic) bond motifs is 1. The number of methoxy groups -OCH3 is 1.